The first-order chi connectivity index (χ1) is 11.5. The number of hydrogen-bond donors (Lipinski definition) is 1. The third-order valence-corrected chi connectivity index (χ3v) is 4.87. The fourth-order valence-electron chi connectivity index (χ4n) is 3.23. The van der Waals surface area contributed by atoms with Gasteiger partial charge in [-0.15, -0.1) is 0 Å². The fraction of sp³-hybridized carbons (Fsp3) is 0.579. The van der Waals surface area contributed by atoms with Gasteiger partial charge in [-0.3, -0.25) is 9.59 Å². The normalized spacial score (nSPS) is 20.7. The minimum Gasteiger partial charge on any atom is -0.497 e. The molecule has 24 heavy (non-hydrogen) atoms. The van der Waals surface area contributed by atoms with Crippen LogP contribution < -0.4 is 10.5 Å². The number of amides is 2. The van der Waals surface area contributed by atoms with Gasteiger partial charge >= 0.3 is 0 Å². The number of aryl methyl sites for hydroxylation is 1. The molecule has 2 rings (SSSR count). The second-order valence-corrected chi connectivity index (χ2v) is 6.63. The maximum atomic E-state index is 12.4. The lowest BCUT2D eigenvalue weighted by atomic mass is 9.92. The second-order valence-electron chi connectivity index (χ2n) is 6.63. The zero-order valence-electron chi connectivity index (χ0n) is 14.7. The van der Waals surface area contributed by atoms with Crippen molar-refractivity contribution in [1.29, 1.82) is 0 Å². The van der Waals surface area contributed by atoms with E-state index >= 15 is 0 Å². The van der Waals surface area contributed by atoms with Crippen molar-refractivity contribution in [3.63, 3.8) is 0 Å². The summed E-state index contributed by atoms with van der Waals surface area (Å²) in [6, 6.07) is 8.24. The van der Waals surface area contributed by atoms with Crippen LogP contribution in [0.1, 0.15) is 44.6 Å². The van der Waals surface area contributed by atoms with Crippen molar-refractivity contribution < 1.29 is 14.3 Å². The Morgan fingerprint density at radius 1 is 1.21 bits per heavy atom. The molecule has 5 heteroatoms. The summed E-state index contributed by atoms with van der Waals surface area (Å²) in [5.41, 5.74) is 6.65. The van der Waals surface area contributed by atoms with Crippen LogP contribution >= 0.6 is 0 Å². The minimum absolute atomic E-state index is 0.142. The van der Waals surface area contributed by atoms with E-state index in [1.54, 1.807) is 7.11 Å². The molecule has 2 amide bonds. The van der Waals surface area contributed by atoms with Crippen LogP contribution in [-0.2, 0) is 16.0 Å². The van der Waals surface area contributed by atoms with Gasteiger partial charge in [0.15, 0.2) is 0 Å². The number of primary amides is 1. The number of methoxy groups -OCH3 is 1. The number of benzene rings is 1. The van der Waals surface area contributed by atoms with Crippen molar-refractivity contribution in [2.24, 2.45) is 11.7 Å². The Morgan fingerprint density at radius 2 is 1.92 bits per heavy atom. The molecule has 0 aromatic heterocycles. The van der Waals surface area contributed by atoms with Gasteiger partial charge in [0, 0.05) is 19.0 Å². The van der Waals surface area contributed by atoms with Crippen LogP contribution in [0.25, 0.3) is 0 Å². The molecule has 0 aliphatic carbocycles. The van der Waals surface area contributed by atoms with E-state index in [2.05, 4.69) is 12.1 Å². The molecule has 1 aromatic rings. The van der Waals surface area contributed by atoms with Gasteiger partial charge in [0.2, 0.25) is 11.8 Å². The summed E-state index contributed by atoms with van der Waals surface area (Å²) in [5, 5.41) is 0. The number of likely N-dealkylation sites (tertiary alicyclic amines) is 1. The highest BCUT2D eigenvalue weighted by molar-refractivity contribution is 5.80. The van der Waals surface area contributed by atoms with E-state index < -0.39 is 0 Å². The van der Waals surface area contributed by atoms with Crippen molar-refractivity contribution in [1.82, 2.24) is 4.90 Å². The molecule has 0 bridgehead atoms. The molecule has 2 atom stereocenters. The zero-order chi connectivity index (χ0) is 17.5. The number of nitrogens with two attached hydrogens (primary N) is 1. The van der Waals surface area contributed by atoms with Crippen LogP contribution in [0.5, 0.6) is 5.75 Å². The van der Waals surface area contributed by atoms with Gasteiger partial charge in [0.25, 0.3) is 0 Å². The largest absolute Gasteiger partial charge is 0.497 e. The molecule has 1 aliphatic heterocycles. The summed E-state index contributed by atoms with van der Waals surface area (Å²) >= 11 is 0. The first kappa shape index (κ1) is 18.3. The van der Waals surface area contributed by atoms with Gasteiger partial charge < -0.3 is 15.4 Å². The predicted octanol–water partition coefficient (Wildman–Crippen LogP) is 2.52. The molecule has 2 N–H and O–H groups in total. The molecule has 1 fully saturated rings. The fourth-order valence-corrected chi connectivity index (χ4v) is 3.23. The predicted molar refractivity (Wildman–Crippen MR) is 93.6 cm³/mol. The number of rotatable bonds is 7. The first-order valence-electron chi connectivity index (χ1n) is 8.73. The summed E-state index contributed by atoms with van der Waals surface area (Å²) in [7, 11) is 1.66. The Balaban J connectivity index is 1.74. The third-order valence-electron chi connectivity index (χ3n) is 4.87. The average Bonchev–Trinajstić information content (AvgIpc) is 2.59. The highest BCUT2D eigenvalue weighted by atomic mass is 16.5. The van der Waals surface area contributed by atoms with Crippen LogP contribution in [0.4, 0.5) is 0 Å². The quantitative estimate of drug-likeness (QED) is 0.780. The van der Waals surface area contributed by atoms with E-state index in [1.165, 1.54) is 5.56 Å². The van der Waals surface area contributed by atoms with Gasteiger partial charge in [0.1, 0.15) is 5.75 Å². The molecule has 1 aliphatic rings. The van der Waals surface area contributed by atoms with Crippen LogP contribution in [0.2, 0.25) is 0 Å². The van der Waals surface area contributed by atoms with E-state index in [9.17, 15) is 9.59 Å². The van der Waals surface area contributed by atoms with Gasteiger partial charge in [-0.25, -0.2) is 0 Å². The van der Waals surface area contributed by atoms with Crippen molar-refractivity contribution in [2.45, 2.75) is 51.5 Å². The summed E-state index contributed by atoms with van der Waals surface area (Å²) in [5.74, 6) is 0.517. The van der Waals surface area contributed by atoms with E-state index in [1.807, 2.05) is 24.0 Å². The van der Waals surface area contributed by atoms with E-state index in [0.717, 1.165) is 37.9 Å². The van der Waals surface area contributed by atoms with Gasteiger partial charge in [-0.2, -0.15) is 0 Å². The number of unbranched alkanes of at least 4 members (excludes halogenated alkanes) is 1. The number of nitrogens with zero attached hydrogens (tertiary/aromatic N) is 1. The summed E-state index contributed by atoms with van der Waals surface area (Å²) in [4.78, 5) is 25.6. The lowest BCUT2D eigenvalue weighted by Gasteiger charge is -2.37. The lowest BCUT2D eigenvalue weighted by Crippen LogP contribution is -2.48. The Kier molecular flexibility index (Phi) is 6.64. The van der Waals surface area contributed by atoms with E-state index in [4.69, 9.17) is 10.5 Å². The summed E-state index contributed by atoms with van der Waals surface area (Å²) in [6.45, 7) is 2.53. The molecule has 1 saturated heterocycles. The molecular formula is C19H28N2O3. The van der Waals surface area contributed by atoms with Crippen molar-refractivity contribution >= 4 is 11.8 Å². The van der Waals surface area contributed by atoms with Gasteiger partial charge in [-0.05, 0) is 56.7 Å². The SMILES string of the molecule is COc1ccc(CCCCC(=O)N2CC(C(N)=O)CCC2C)cc1. The van der Waals surface area contributed by atoms with Crippen molar-refractivity contribution in [2.75, 3.05) is 13.7 Å². The highest BCUT2D eigenvalue weighted by Gasteiger charge is 2.31. The Hall–Kier alpha value is -2.04. The molecule has 2 unspecified atom stereocenters. The highest BCUT2D eigenvalue weighted by Crippen LogP contribution is 2.23. The molecule has 0 radical (unpaired) electrons. The molecular weight excluding hydrogens is 304 g/mol. The number of hydrogen-bond acceptors (Lipinski definition) is 3. The summed E-state index contributed by atoms with van der Waals surface area (Å²) in [6.07, 6.45) is 4.96. The van der Waals surface area contributed by atoms with Gasteiger partial charge in [0.05, 0.1) is 13.0 Å². The van der Waals surface area contributed by atoms with Crippen LogP contribution in [0.15, 0.2) is 24.3 Å². The Morgan fingerprint density at radius 3 is 2.54 bits per heavy atom. The molecule has 0 saturated carbocycles. The van der Waals surface area contributed by atoms with Crippen molar-refractivity contribution in [3.8, 4) is 5.75 Å². The molecule has 5 nitrogen and oxygen atoms in total. The number of ether oxygens (including phenoxy) is 1. The minimum atomic E-state index is -0.292. The average molecular weight is 332 g/mol. The van der Waals surface area contributed by atoms with Crippen LogP contribution in [0, 0.1) is 5.92 Å². The second kappa shape index (κ2) is 8.71. The van der Waals surface area contributed by atoms with E-state index in [0.29, 0.717) is 13.0 Å². The molecule has 0 spiro atoms. The first-order valence-corrected chi connectivity index (χ1v) is 8.73. The summed E-state index contributed by atoms with van der Waals surface area (Å²) < 4.78 is 5.15. The smallest absolute Gasteiger partial charge is 0.222 e. The molecule has 1 heterocycles. The van der Waals surface area contributed by atoms with E-state index in [-0.39, 0.29) is 23.8 Å². The Labute approximate surface area is 144 Å². The number of piperidine rings is 1. The maximum Gasteiger partial charge on any atom is 0.222 e. The van der Waals surface area contributed by atoms with Crippen LogP contribution in [-0.4, -0.2) is 36.4 Å². The van der Waals surface area contributed by atoms with Crippen LogP contribution in [0.3, 0.4) is 0 Å². The number of carbonyl (C=O) groups excluding carboxylic acids is 2. The molecule has 1 aromatic carbocycles. The standard InChI is InChI=1S/C19H28N2O3/c1-14-7-10-16(19(20)23)13-21(14)18(22)6-4-3-5-15-8-11-17(24-2)12-9-15/h8-9,11-12,14,16H,3-7,10,13H2,1-2H3,(H2,20,23). The monoisotopic (exact) mass is 332 g/mol. The van der Waals surface area contributed by atoms with Crippen molar-refractivity contribution in [3.05, 3.63) is 29.8 Å². The van der Waals surface area contributed by atoms with Gasteiger partial charge in [-0.1, -0.05) is 12.1 Å². The maximum absolute atomic E-state index is 12.4. The number of carbonyl (C=O) groups is 2. The third kappa shape index (κ3) is 4.98. The zero-order valence-corrected chi connectivity index (χ0v) is 14.7. The topological polar surface area (TPSA) is 72.6 Å². The molecule has 132 valence electrons. The lowest BCUT2D eigenvalue weighted by molar-refractivity contribution is -0.137. The Bertz CT molecular complexity index is 556.